The maximum absolute atomic E-state index is 12.8. The summed E-state index contributed by atoms with van der Waals surface area (Å²) in [5.41, 5.74) is 0.539. The maximum atomic E-state index is 12.8. The standard InChI is InChI=1S/C14H10Cl2FNO3S/c15-10-5-9(6-11(16)8-10)7-14(18)21-22(19,20)13-3-1-12(17)2-4-13/h1-6,8,18H,7H2. The van der Waals surface area contributed by atoms with E-state index in [0.717, 1.165) is 24.3 Å². The van der Waals surface area contributed by atoms with E-state index in [2.05, 4.69) is 0 Å². The van der Waals surface area contributed by atoms with E-state index in [1.807, 2.05) is 0 Å². The highest BCUT2D eigenvalue weighted by molar-refractivity contribution is 7.87. The third kappa shape index (κ3) is 4.43. The van der Waals surface area contributed by atoms with Gasteiger partial charge < -0.3 is 4.18 Å². The van der Waals surface area contributed by atoms with Gasteiger partial charge in [-0.3, -0.25) is 5.41 Å². The Morgan fingerprint density at radius 3 is 2.18 bits per heavy atom. The van der Waals surface area contributed by atoms with E-state index in [9.17, 15) is 12.8 Å². The average molecular weight is 362 g/mol. The molecule has 0 aliphatic rings. The lowest BCUT2D eigenvalue weighted by Crippen LogP contribution is -2.14. The largest absolute Gasteiger partial charge is 0.363 e. The summed E-state index contributed by atoms with van der Waals surface area (Å²) in [5, 5.41) is 8.40. The fourth-order valence-corrected chi connectivity index (χ4v) is 3.17. The Hall–Kier alpha value is -1.63. The van der Waals surface area contributed by atoms with Crippen molar-refractivity contribution >= 4 is 39.2 Å². The normalized spacial score (nSPS) is 11.2. The lowest BCUT2D eigenvalue weighted by Gasteiger charge is -2.08. The molecule has 22 heavy (non-hydrogen) atoms. The average Bonchev–Trinajstić information content (AvgIpc) is 2.36. The second-order valence-corrected chi connectivity index (χ2v) is 6.79. The Kier molecular flexibility index (Phi) is 5.05. The second kappa shape index (κ2) is 6.64. The van der Waals surface area contributed by atoms with Crippen LogP contribution in [0.2, 0.25) is 10.0 Å². The molecule has 0 radical (unpaired) electrons. The lowest BCUT2D eigenvalue weighted by atomic mass is 10.1. The molecule has 0 heterocycles. The van der Waals surface area contributed by atoms with Gasteiger partial charge in [-0.25, -0.2) is 4.39 Å². The van der Waals surface area contributed by atoms with Crippen LogP contribution in [0.1, 0.15) is 5.56 Å². The summed E-state index contributed by atoms with van der Waals surface area (Å²) in [5.74, 6) is -1.06. The summed E-state index contributed by atoms with van der Waals surface area (Å²) >= 11 is 11.7. The number of hydrogen-bond donors (Lipinski definition) is 1. The van der Waals surface area contributed by atoms with Crippen molar-refractivity contribution in [2.45, 2.75) is 11.3 Å². The molecule has 0 unspecified atom stereocenters. The zero-order chi connectivity index (χ0) is 16.3. The predicted molar refractivity (Wildman–Crippen MR) is 82.6 cm³/mol. The van der Waals surface area contributed by atoms with Gasteiger partial charge in [-0.05, 0) is 48.0 Å². The van der Waals surface area contributed by atoms with Gasteiger partial charge in [0.15, 0.2) is 0 Å². The molecule has 1 N–H and O–H groups in total. The zero-order valence-electron chi connectivity index (χ0n) is 11.0. The Balaban J connectivity index is 2.12. The van der Waals surface area contributed by atoms with Crippen molar-refractivity contribution in [1.82, 2.24) is 0 Å². The lowest BCUT2D eigenvalue weighted by molar-refractivity contribution is 0.474. The van der Waals surface area contributed by atoms with E-state index in [0.29, 0.717) is 15.6 Å². The van der Waals surface area contributed by atoms with Crippen LogP contribution in [0.4, 0.5) is 4.39 Å². The first-order valence-corrected chi connectivity index (χ1v) is 8.15. The van der Waals surface area contributed by atoms with Crippen molar-refractivity contribution in [2.75, 3.05) is 0 Å². The van der Waals surface area contributed by atoms with Crippen molar-refractivity contribution in [3.63, 3.8) is 0 Å². The van der Waals surface area contributed by atoms with Crippen molar-refractivity contribution in [3.05, 3.63) is 63.9 Å². The van der Waals surface area contributed by atoms with Gasteiger partial charge in [-0.1, -0.05) is 23.2 Å². The van der Waals surface area contributed by atoms with Gasteiger partial charge in [0.05, 0.1) is 0 Å². The number of nitrogens with one attached hydrogen (secondary N) is 1. The van der Waals surface area contributed by atoms with Gasteiger partial charge >= 0.3 is 10.1 Å². The van der Waals surface area contributed by atoms with Gasteiger partial charge in [0.1, 0.15) is 10.7 Å². The molecule has 0 spiro atoms. The minimum absolute atomic E-state index is 0.0965. The van der Waals surface area contributed by atoms with E-state index in [1.165, 1.54) is 6.07 Å². The van der Waals surface area contributed by atoms with Gasteiger partial charge in [0.25, 0.3) is 0 Å². The quantitative estimate of drug-likeness (QED) is 0.507. The third-order valence-corrected chi connectivity index (χ3v) is 4.31. The summed E-state index contributed by atoms with van der Waals surface area (Å²) in [4.78, 5) is -0.234. The first-order valence-electron chi connectivity index (χ1n) is 5.99. The Morgan fingerprint density at radius 1 is 1.09 bits per heavy atom. The van der Waals surface area contributed by atoms with Crippen molar-refractivity contribution in [2.24, 2.45) is 0 Å². The molecule has 0 saturated carbocycles. The van der Waals surface area contributed by atoms with Crippen LogP contribution in [-0.4, -0.2) is 14.3 Å². The minimum atomic E-state index is -4.17. The summed E-state index contributed by atoms with van der Waals surface area (Å²) in [6.07, 6.45) is -0.0965. The number of rotatable bonds is 4. The van der Waals surface area contributed by atoms with Crippen LogP contribution in [0.3, 0.4) is 0 Å². The van der Waals surface area contributed by atoms with Gasteiger partial charge in [0, 0.05) is 16.5 Å². The van der Waals surface area contributed by atoms with Gasteiger partial charge in [-0.2, -0.15) is 8.42 Å². The molecule has 0 bridgehead atoms. The summed E-state index contributed by atoms with van der Waals surface area (Å²) in [6.45, 7) is 0. The Morgan fingerprint density at radius 2 is 1.64 bits per heavy atom. The van der Waals surface area contributed by atoms with Crippen LogP contribution in [-0.2, 0) is 20.7 Å². The first-order chi connectivity index (χ1) is 10.3. The Labute approximate surface area is 137 Å². The van der Waals surface area contributed by atoms with Gasteiger partial charge in [0.2, 0.25) is 5.90 Å². The van der Waals surface area contributed by atoms with E-state index in [4.69, 9.17) is 32.8 Å². The topological polar surface area (TPSA) is 67.2 Å². The third-order valence-electron chi connectivity index (χ3n) is 2.60. The molecule has 0 aliphatic carbocycles. The summed E-state index contributed by atoms with van der Waals surface area (Å²) < 4.78 is 41.4. The molecule has 0 aliphatic heterocycles. The first kappa shape index (κ1) is 16.7. The summed E-state index contributed by atoms with van der Waals surface area (Å²) in [7, 11) is -4.17. The number of hydrogen-bond acceptors (Lipinski definition) is 4. The van der Waals surface area contributed by atoms with E-state index in [1.54, 1.807) is 12.1 Å². The van der Waals surface area contributed by atoms with Crippen LogP contribution in [0, 0.1) is 11.2 Å². The van der Waals surface area contributed by atoms with Crippen molar-refractivity contribution in [1.29, 1.82) is 5.41 Å². The molecular weight excluding hydrogens is 352 g/mol. The number of benzene rings is 2. The smallest absolute Gasteiger partial charge is 0.340 e. The highest BCUT2D eigenvalue weighted by Crippen LogP contribution is 2.20. The zero-order valence-corrected chi connectivity index (χ0v) is 13.3. The van der Waals surface area contributed by atoms with E-state index < -0.39 is 21.8 Å². The van der Waals surface area contributed by atoms with Crippen LogP contribution < -0.4 is 0 Å². The second-order valence-electron chi connectivity index (χ2n) is 4.37. The molecule has 2 rings (SSSR count). The van der Waals surface area contributed by atoms with E-state index in [-0.39, 0.29) is 11.3 Å². The fourth-order valence-electron chi connectivity index (χ4n) is 1.71. The molecule has 2 aromatic rings. The SMILES string of the molecule is N=C(Cc1cc(Cl)cc(Cl)c1)OS(=O)(=O)c1ccc(F)cc1. The molecule has 0 atom stereocenters. The highest BCUT2D eigenvalue weighted by Gasteiger charge is 2.18. The molecule has 0 amide bonds. The summed E-state index contributed by atoms with van der Waals surface area (Å²) in [6, 6.07) is 8.74. The number of halogens is 3. The molecular formula is C14H10Cl2FNO3S. The maximum Gasteiger partial charge on any atom is 0.340 e. The molecule has 2 aromatic carbocycles. The van der Waals surface area contributed by atoms with Crippen LogP contribution in [0.5, 0.6) is 0 Å². The van der Waals surface area contributed by atoms with Crippen LogP contribution in [0.25, 0.3) is 0 Å². The molecule has 0 fully saturated rings. The van der Waals surface area contributed by atoms with Gasteiger partial charge in [-0.15, -0.1) is 0 Å². The minimum Gasteiger partial charge on any atom is -0.363 e. The fraction of sp³-hybridized carbons (Fsp3) is 0.0714. The Bertz CT molecular complexity index is 787. The molecule has 4 nitrogen and oxygen atoms in total. The van der Waals surface area contributed by atoms with Crippen molar-refractivity contribution < 1.29 is 17.0 Å². The molecule has 0 aromatic heterocycles. The van der Waals surface area contributed by atoms with Crippen molar-refractivity contribution in [3.8, 4) is 0 Å². The van der Waals surface area contributed by atoms with Crippen LogP contribution >= 0.6 is 23.2 Å². The highest BCUT2D eigenvalue weighted by atomic mass is 35.5. The molecule has 0 saturated heterocycles. The van der Waals surface area contributed by atoms with Crippen LogP contribution in [0.15, 0.2) is 47.4 Å². The monoisotopic (exact) mass is 361 g/mol. The molecule has 116 valence electrons. The predicted octanol–water partition coefficient (Wildman–Crippen LogP) is 4.06. The van der Waals surface area contributed by atoms with E-state index >= 15 is 0 Å². The molecule has 8 heteroatoms.